The Balaban J connectivity index is 2.17. The van der Waals surface area contributed by atoms with E-state index >= 15 is 0 Å². The van der Waals surface area contributed by atoms with Gasteiger partial charge >= 0.3 is 0 Å². The Bertz CT molecular complexity index is 405. The third kappa shape index (κ3) is 2.56. The van der Waals surface area contributed by atoms with E-state index in [9.17, 15) is 4.79 Å². The van der Waals surface area contributed by atoms with Crippen LogP contribution in [0.2, 0.25) is 0 Å². The molecule has 0 bridgehead atoms. The van der Waals surface area contributed by atoms with Crippen molar-refractivity contribution in [3.8, 4) is 5.75 Å². The summed E-state index contributed by atoms with van der Waals surface area (Å²) in [5, 5.41) is 3.18. The van der Waals surface area contributed by atoms with Gasteiger partial charge in [-0.1, -0.05) is 12.1 Å². The lowest BCUT2D eigenvalue weighted by Gasteiger charge is -2.22. The number of thioether (sulfide) groups is 1. The first-order valence-corrected chi connectivity index (χ1v) is 6.61. The van der Waals surface area contributed by atoms with Crippen LogP contribution in [0.1, 0.15) is 0 Å². The Labute approximate surface area is 105 Å². The van der Waals surface area contributed by atoms with Crippen LogP contribution in [-0.2, 0) is 4.79 Å². The molecule has 1 aliphatic rings. The summed E-state index contributed by atoms with van der Waals surface area (Å²) < 4.78 is 5.26. The highest BCUT2D eigenvalue weighted by atomic mass is 32.2. The summed E-state index contributed by atoms with van der Waals surface area (Å²) >= 11 is 1.74. The molecule has 0 aliphatic carbocycles. The number of carbonyl (C=O) groups is 1. The van der Waals surface area contributed by atoms with Gasteiger partial charge in [0.25, 0.3) is 0 Å². The van der Waals surface area contributed by atoms with Gasteiger partial charge in [-0.2, -0.15) is 0 Å². The smallest absolute Gasteiger partial charge is 0.244 e. The molecule has 4 nitrogen and oxygen atoms in total. The van der Waals surface area contributed by atoms with Crippen LogP contribution in [0.15, 0.2) is 24.3 Å². The summed E-state index contributed by atoms with van der Waals surface area (Å²) in [5.74, 6) is 2.47. The molecule has 1 aromatic rings. The standard InChI is InChI=1S/C12H16N2O2S/c1-14(12(15)9-7-17-8-13-9)10-5-3-4-6-11(10)16-2/h3-6,9,13H,7-8H2,1-2H3. The van der Waals surface area contributed by atoms with Crippen LogP contribution < -0.4 is 15.0 Å². The van der Waals surface area contributed by atoms with Crippen molar-refractivity contribution in [2.45, 2.75) is 6.04 Å². The van der Waals surface area contributed by atoms with Crippen molar-refractivity contribution >= 4 is 23.4 Å². The van der Waals surface area contributed by atoms with Crippen LogP contribution in [0, 0.1) is 0 Å². The minimum Gasteiger partial charge on any atom is -0.495 e. The average Bonchev–Trinajstić information content (AvgIpc) is 2.90. The molecular formula is C12H16N2O2S. The number of methoxy groups -OCH3 is 1. The molecule has 5 heteroatoms. The van der Waals surface area contributed by atoms with Crippen LogP contribution in [-0.4, -0.2) is 37.7 Å². The van der Waals surface area contributed by atoms with E-state index < -0.39 is 0 Å². The maximum atomic E-state index is 12.2. The molecule has 17 heavy (non-hydrogen) atoms. The topological polar surface area (TPSA) is 41.6 Å². The van der Waals surface area contributed by atoms with Crippen LogP contribution in [0.5, 0.6) is 5.75 Å². The minimum absolute atomic E-state index is 0.0829. The SMILES string of the molecule is COc1ccccc1N(C)C(=O)C1CSCN1. The van der Waals surface area contributed by atoms with Crippen molar-refractivity contribution in [2.75, 3.05) is 30.7 Å². The molecule has 2 rings (SSSR count). The van der Waals surface area contributed by atoms with E-state index in [1.54, 1.807) is 30.8 Å². The molecule has 1 aliphatic heterocycles. The number of hydrogen-bond donors (Lipinski definition) is 1. The van der Waals surface area contributed by atoms with Gasteiger partial charge < -0.3 is 9.64 Å². The van der Waals surface area contributed by atoms with E-state index in [4.69, 9.17) is 4.74 Å². The van der Waals surface area contributed by atoms with Crippen molar-refractivity contribution in [1.29, 1.82) is 0 Å². The fourth-order valence-corrected chi connectivity index (χ4v) is 2.75. The third-order valence-corrected chi connectivity index (χ3v) is 3.73. The third-order valence-electron chi connectivity index (χ3n) is 2.79. The summed E-state index contributed by atoms with van der Waals surface area (Å²) in [6, 6.07) is 7.45. The van der Waals surface area contributed by atoms with Crippen molar-refractivity contribution in [1.82, 2.24) is 5.32 Å². The number of ether oxygens (including phenoxy) is 1. The first kappa shape index (κ1) is 12.3. The number of nitrogens with one attached hydrogen (secondary N) is 1. The molecule has 1 saturated heterocycles. The predicted octanol–water partition coefficient (Wildman–Crippen LogP) is 1.32. The zero-order valence-corrected chi connectivity index (χ0v) is 10.8. The highest BCUT2D eigenvalue weighted by molar-refractivity contribution is 7.99. The molecule has 0 aromatic heterocycles. The van der Waals surface area contributed by atoms with Crippen LogP contribution in [0.4, 0.5) is 5.69 Å². The zero-order valence-electron chi connectivity index (χ0n) is 9.97. The highest BCUT2D eigenvalue weighted by Crippen LogP contribution is 2.27. The monoisotopic (exact) mass is 252 g/mol. The first-order chi connectivity index (χ1) is 8.24. The number of anilines is 1. The second-order valence-corrected chi connectivity index (χ2v) is 4.87. The number of nitrogens with zero attached hydrogens (tertiary/aromatic N) is 1. The predicted molar refractivity (Wildman–Crippen MR) is 70.7 cm³/mol. The molecule has 1 aromatic carbocycles. The fourth-order valence-electron chi connectivity index (χ4n) is 1.81. The van der Waals surface area contributed by atoms with Crippen LogP contribution in [0.3, 0.4) is 0 Å². The van der Waals surface area contributed by atoms with E-state index in [0.717, 1.165) is 17.3 Å². The Hall–Kier alpha value is -1.20. The van der Waals surface area contributed by atoms with E-state index in [-0.39, 0.29) is 11.9 Å². The number of hydrogen-bond acceptors (Lipinski definition) is 4. The van der Waals surface area contributed by atoms with Crippen LogP contribution in [0.25, 0.3) is 0 Å². The lowest BCUT2D eigenvalue weighted by molar-refractivity contribution is -0.119. The number of carbonyl (C=O) groups excluding carboxylic acids is 1. The molecule has 1 atom stereocenters. The summed E-state index contributed by atoms with van der Waals surface area (Å²) in [4.78, 5) is 13.9. The second-order valence-electron chi connectivity index (χ2n) is 3.84. The molecule has 1 amide bonds. The summed E-state index contributed by atoms with van der Waals surface area (Å²) in [6.45, 7) is 0. The van der Waals surface area contributed by atoms with Crippen molar-refractivity contribution in [3.63, 3.8) is 0 Å². The molecule has 1 unspecified atom stereocenters. The molecule has 0 radical (unpaired) electrons. The fraction of sp³-hybridized carbons (Fsp3) is 0.417. The zero-order chi connectivity index (χ0) is 12.3. The van der Waals surface area contributed by atoms with Crippen molar-refractivity contribution < 1.29 is 9.53 Å². The first-order valence-electron chi connectivity index (χ1n) is 5.45. The minimum atomic E-state index is -0.0880. The molecule has 92 valence electrons. The quantitative estimate of drug-likeness (QED) is 0.881. The Morgan fingerprint density at radius 2 is 2.29 bits per heavy atom. The lowest BCUT2D eigenvalue weighted by atomic mass is 10.2. The molecule has 0 spiro atoms. The van der Waals surface area contributed by atoms with Crippen molar-refractivity contribution in [3.05, 3.63) is 24.3 Å². The van der Waals surface area contributed by atoms with Gasteiger partial charge in [-0.25, -0.2) is 0 Å². The van der Waals surface area contributed by atoms with Gasteiger partial charge in [0.05, 0.1) is 18.8 Å². The van der Waals surface area contributed by atoms with Gasteiger partial charge in [-0.3, -0.25) is 10.1 Å². The number of rotatable bonds is 3. The lowest BCUT2D eigenvalue weighted by Crippen LogP contribution is -2.43. The Morgan fingerprint density at radius 3 is 2.94 bits per heavy atom. The molecule has 1 heterocycles. The number of amides is 1. The molecule has 1 N–H and O–H groups in total. The molecule has 1 fully saturated rings. The Morgan fingerprint density at radius 1 is 1.53 bits per heavy atom. The molecular weight excluding hydrogens is 236 g/mol. The van der Waals surface area contributed by atoms with Crippen molar-refractivity contribution in [2.24, 2.45) is 0 Å². The highest BCUT2D eigenvalue weighted by Gasteiger charge is 2.27. The maximum Gasteiger partial charge on any atom is 0.244 e. The van der Waals surface area contributed by atoms with E-state index in [2.05, 4.69) is 5.32 Å². The summed E-state index contributed by atoms with van der Waals surface area (Å²) in [6.07, 6.45) is 0. The second kappa shape index (κ2) is 5.42. The number of likely N-dealkylation sites (N-methyl/N-ethyl adjacent to an activating group) is 1. The van der Waals surface area contributed by atoms with Gasteiger partial charge in [-0.15, -0.1) is 11.8 Å². The van der Waals surface area contributed by atoms with Crippen LogP contribution >= 0.6 is 11.8 Å². The van der Waals surface area contributed by atoms with Gasteiger partial charge in [-0.05, 0) is 12.1 Å². The van der Waals surface area contributed by atoms with Gasteiger partial charge in [0.2, 0.25) is 5.91 Å². The average molecular weight is 252 g/mol. The Kier molecular flexibility index (Phi) is 3.91. The van der Waals surface area contributed by atoms with E-state index in [1.165, 1.54) is 0 Å². The van der Waals surface area contributed by atoms with E-state index in [1.807, 2.05) is 24.3 Å². The van der Waals surface area contributed by atoms with E-state index in [0.29, 0.717) is 5.75 Å². The number of benzene rings is 1. The number of para-hydroxylation sites is 2. The molecule has 0 saturated carbocycles. The normalized spacial score (nSPS) is 19.1. The van der Waals surface area contributed by atoms with Gasteiger partial charge in [0, 0.05) is 18.7 Å². The van der Waals surface area contributed by atoms with Gasteiger partial charge in [0.1, 0.15) is 5.75 Å². The maximum absolute atomic E-state index is 12.2. The summed E-state index contributed by atoms with van der Waals surface area (Å²) in [5.41, 5.74) is 0.804. The largest absolute Gasteiger partial charge is 0.495 e. The van der Waals surface area contributed by atoms with Gasteiger partial charge in [0.15, 0.2) is 0 Å². The summed E-state index contributed by atoms with van der Waals surface area (Å²) in [7, 11) is 3.39.